The molecule has 2 N–H and O–H groups in total. The zero-order chi connectivity index (χ0) is 28.4. The van der Waals surface area contributed by atoms with E-state index in [4.69, 9.17) is 18.9 Å². The van der Waals surface area contributed by atoms with Crippen LogP contribution in [0, 0.1) is 5.82 Å². The number of carbonyl (C=O) groups is 2. The first kappa shape index (κ1) is 28.1. The van der Waals surface area contributed by atoms with Gasteiger partial charge in [-0.3, -0.25) is 0 Å². The van der Waals surface area contributed by atoms with Crippen molar-refractivity contribution in [3.05, 3.63) is 53.1 Å². The molecule has 11 nitrogen and oxygen atoms in total. The molecule has 1 unspecified atom stereocenters. The minimum absolute atomic E-state index is 0.101. The van der Waals surface area contributed by atoms with Gasteiger partial charge in [0.1, 0.15) is 28.5 Å². The van der Waals surface area contributed by atoms with Crippen LogP contribution in [-0.4, -0.2) is 64.7 Å². The lowest BCUT2D eigenvalue weighted by Crippen LogP contribution is -2.50. The molecule has 0 spiro atoms. The number of benzene rings is 1. The SMILES string of the molecule is CCOC(=O)c1cnn2ccc(N[C@H](C)c3cc(F)cc4c3OC(CNC(=O)OC(C)(C)C)(COC)C4)nc12. The maximum atomic E-state index is 14.8. The van der Waals surface area contributed by atoms with E-state index in [2.05, 4.69) is 20.7 Å². The Morgan fingerprint density at radius 3 is 2.77 bits per heavy atom. The number of methoxy groups -OCH3 is 1. The van der Waals surface area contributed by atoms with Gasteiger partial charge in [-0.1, -0.05) is 0 Å². The van der Waals surface area contributed by atoms with Crippen molar-refractivity contribution in [3.8, 4) is 5.75 Å². The second-order valence-electron chi connectivity index (χ2n) is 10.5. The molecule has 12 heteroatoms. The molecule has 1 aliphatic heterocycles. The fraction of sp³-hybridized carbons (Fsp3) is 0.481. The minimum Gasteiger partial charge on any atom is -0.482 e. The Morgan fingerprint density at radius 1 is 1.31 bits per heavy atom. The van der Waals surface area contributed by atoms with Crippen LogP contribution in [0.4, 0.5) is 15.0 Å². The van der Waals surface area contributed by atoms with Gasteiger partial charge in [-0.15, -0.1) is 0 Å². The van der Waals surface area contributed by atoms with Gasteiger partial charge in [0.15, 0.2) is 11.2 Å². The standard InChI is InChI=1S/C27H34FN5O6/c1-7-37-24(34)20-13-30-33-9-8-21(32-23(20)33)31-16(2)19-11-18(28)10-17-12-27(15-36-6,38-22(17)19)14-29-25(35)39-26(3,4)5/h8-11,13,16H,7,12,14-15H2,1-6H3,(H,29,35)(H,31,32)/t16-,27?/m1/s1. The Kier molecular flexibility index (Phi) is 7.96. The molecule has 2 atom stereocenters. The molecule has 3 heterocycles. The van der Waals surface area contributed by atoms with E-state index in [0.717, 1.165) is 0 Å². The summed E-state index contributed by atoms with van der Waals surface area (Å²) >= 11 is 0. The molecule has 0 radical (unpaired) electrons. The summed E-state index contributed by atoms with van der Waals surface area (Å²) in [7, 11) is 1.54. The Bertz CT molecular complexity index is 1370. The number of fused-ring (bicyclic) bond motifs is 2. The highest BCUT2D eigenvalue weighted by atomic mass is 19.1. The van der Waals surface area contributed by atoms with Gasteiger partial charge in [0.05, 0.1) is 32.0 Å². The highest BCUT2D eigenvalue weighted by molar-refractivity contribution is 5.95. The van der Waals surface area contributed by atoms with Gasteiger partial charge in [-0.2, -0.15) is 5.10 Å². The first-order valence-corrected chi connectivity index (χ1v) is 12.7. The monoisotopic (exact) mass is 543 g/mol. The fourth-order valence-corrected chi connectivity index (χ4v) is 4.49. The first-order chi connectivity index (χ1) is 18.4. The molecule has 1 aromatic carbocycles. The second-order valence-corrected chi connectivity index (χ2v) is 10.5. The molecule has 2 aromatic heterocycles. The Hall–Kier alpha value is -3.93. The minimum atomic E-state index is -0.945. The molecule has 1 aliphatic rings. The maximum absolute atomic E-state index is 14.8. The zero-order valence-corrected chi connectivity index (χ0v) is 23.0. The number of nitrogens with zero attached hydrogens (tertiary/aromatic N) is 3. The summed E-state index contributed by atoms with van der Waals surface area (Å²) in [6.07, 6.45) is 2.81. The number of hydrogen-bond donors (Lipinski definition) is 2. The molecule has 3 aromatic rings. The summed E-state index contributed by atoms with van der Waals surface area (Å²) in [5.41, 5.74) is 0.204. The summed E-state index contributed by atoms with van der Waals surface area (Å²) in [4.78, 5) is 29.1. The first-order valence-electron chi connectivity index (χ1n) is 12.7. The van der Waals surface area contributed by atoms with E-state index in [1.807, 2.05) is 6.92 Å². The molecule has 210 valence electrons. The lowest BCUT2D eigenvalue weighted by atomic mass is 9.96. The number of amides is 1. The van der Waals surface area contributed by atoms with E-state index < -0.39 is 35.1 Å². The number of hydrogen-bond acceptors (Lipinski definition) is 9. The molecular weight excluding hydrogens is 509 g/mol. The summed E-state index contributed by atoms with van der Waals surface area (Å²) in [6, 6.07) is 4.10. The van der Waals surface area contributed by atoms with Gasteiger partial charge in [0, 0.05) is 30.9 Å². The molecular formula is C27H34FN5O6. The summed E-state index contributed by atoms with van der Waals surface area (Å²) in [6.45, 7) is 9.40. The van der Waals surface area contributed by atoms with Crippen LogP contribution < -0.4 is 15.4 Å². The normalized spacial score (nSPS) is 17.3. The number of esters is 1. The third-order valence-electron chi connectivity index (χ3n) is 6.05. The van der Waals surface area contributed by atoms with Crippen LogP contribution in [-0.2, 0) is 20.6 Å². The van der Waals surface area contributed by atoms with Crippen molar-refractivity contribution >= 4 is 23.5 Å². The number of rotatable bonds is 9. The van der Waals surface area contributed by atoms with Crippen LogP contribution in [0.1, 0.15) is 62.1 Å². The van der Waals surface area contributed by atoms with Gasteiger partial charge >= 0.3 is 12.1 Å². The summed E-state index contributed by atoms with van der Waals surface area (Å²) in [5, 5.41) is 10.2. The van der Waals surface area contributed by atoms with Crippen LogP contribution in [0.3, 0.4) is 0 Å². The van der Waals surface area contributed by atoms with E-state index in [1.54, 1.807) is 40.0 Å². The third kappa shape index (κ3) is 6.39. The molecule has 0 fully saturated rings. The smallest absolute Gasteiger partial charge is 0.407 e. The van der Waals surface area contributed by atoms with Crippen LogP contribution in [0.15, 0.2) is 30.6 Å². The quantitative estimate of drug-likeness (QED) is 0.384. The number of aromatic nitrogens is 3. The van der Waals surface area contributed by atoms with Crippen molar-refractivity contribution in [3.63, 3.8) is 0 Å². The topological polar surface area (TPSA) is 125 Å². The predicted molar refractivity (Wildman–Crippen MR) is 141 cm³/mol. The number of nitrogens with one attached hydrogen (secondary N) is 2. The zero-order valence-electron chi connectivity index (χ0n) is 23.0. The second kappa shape index (κ2) is 11.0. The molecule has 1 amide bonds. The van der Waals surface area contributed by atoms with Crippen LogP contribution in [0.2, 0.25) is 0 Å². The molecule has 0 aliphatic carbocycles. The van der Waals surface area contributed by atoms with Crippen molar-refractivity contribution in [1.82, 2.24) is 19.9 Å². The van der Waals surface area contributed by atoms with Crippen LogP contribution >= 0.6 is 0 Å². The van der Waals surface area contributed by atoms with Gasteiger partial charge < -0.3 is 29.6 Å². The molecule has 0 saturated heterocycles. The van der Waals surface area contributed by atoms with E-state index in [9.17, 15) is 14.0 Å². The Balaban J connectivity index is 1.57. The number of anilines is 1. The van der Waals surface area contributed by atoms with E-state index in [1.165, 1.54) is 30.0 Å². The molecule has 0 bridgehead atoms. The van der Waals surface area contributed by atoms with Crippen LogP contribution in [0.25, 0.3) is 5.65 Å². The number of alkyl carbamates (subject to hydrolysis) is 1. The van der Waals surface area contributed by atoms with Crippen molar-refractivity contribution < 1.29 is 32.9 Å². The summed E-state index contributed by atoms with van der Waals surface area (Å²) < 4.78 is 38.5. The van der Waals surface area contributed by atoms with E-state index in [-0.39, 0.29) is 25.3 Å². The van der Waals surface area contributed by atoms with Crippen molar-refractivity contribution in [2.24, 2.45) is 0 Å². The number of carbonyl (C=O) groups excluding carboxylic acids is 2. The molecule has 4 rings (SSSR count). The highest BCUT2D eigenvalue weighted by Gasteiger charge is 2.42. The average molecular weight is 544 g/mol. The molecule has 0 saturated carbocycles. The van der Waals surface area contributed by atoms with Gasteiger partial charge in [0.2, 0.25) is 0 Å². The average Bonchev–Trinajstić information content (AvgIpc) is 3.43. The van der Waals surface area contributed by atoms with Crippen molar-refractivity contribution in [2.75, 3.05) is 32.2 Å². The number of ether oxygens (including phenoxy) is 4. The van der Waals surface area contributed by atoms with Gasteiger partial charge in [-0.25, -0.2) is 23.5 Å². The van der Waals surface area contributed by atoms with Gasteiger partial charge in [-0.05, 0) is 52.8 Å². The highest BCUT2D eigenvalue weighted by Crippen LogP contribution is 2.41. The maximum Gasteiger partial charge on any atom is 0.407 e. The van der Waals surface area contributed by atoms with Crippen LogP contribution in [0.5, 0.6) is 5.75 Å². The van der Waals surface area contributed by atoms with Crippen molar-refractivity contribution in [2.45, 2.75) is 58.3 Å². The Labute approximate surface area is 226 Å². The Morgan fingerprint density at radius 2 is 2.08 bits per heavy atom. The lowest BCUT2D eigenvalue weighted by molar-refractivity contribution is 0.00114. The predicted octanol–water partition coefficient (Wildman–Crippen LogP) is 4.06. The molecule has 39 heavy (non-hydrogen) atoms. The van der Waals surface area contributed by atoms with E-state index in [0.29, 0.717) is 34.8 Å². The third-order valence-corrected chi connectivity index (χ3v) is 6.05. The van der Waals surface area contributed by atoms with Gasteiger partial charge in [0.25, 0.3) is 0 Å². The van der Waals surface area contributed by atoms with Crippen molar-refractivity contribution in [1.29, 1.82) is 0 Å². The fourth-order valence-electron chi connectivity index (χ4n) is 4.49. The largest absolute Gasteiger partial charge is 0.482 e. The summed E-state index contributed by atoms with van der Waals surface area (Å²) in [5.74, 6) is 0.0259. The van der Waals surface area contributed by atoms with E-state index >= 15 is 0 Å². The number of halogens is 1. The lowest BCUT2D eigenvalue weighted by Gasteiger charge is -2.30.